The van der Waals surface area contributed by atoms with Gasteiger partial charge in [0.05, 0.1) is 18.6 Å². The Hall–Kier alpha value is -1.18. The Bertz CT molecular complexity index is 439. The molecule has 2 nitrogen and oxygen atoms in total. The molecule has 0 aromatic rings. The van der Waals surface area contributed by atoms with Gasteiger partial charge in [-0.3, -0.25) is 0 Å². The molecule has 2 atom stereocenters. The molecule has 2 unspecified atom stereocenters. The van der Waals surface area contributed by atoms with E-state index in [1.54, 1.807) is 6.92 Å². The van der Waals surface area contributed by atoms with Gasteiger partial charge in [0.15, 0.2) is 5.76 Å². The van der Waals surface area contributed by atoms with E-state index < -0.39 is 41.8 Å². The van der Waals surface area contributed by atoms with Crippen molar-refractivity contribution in [2.75, 3.05) is 6.61 Å². The van der Waals surface area contributed by atoms with E-state index in [0.29, 0.717) is 6.92 Å². The molecular weight excluding hydrogens is 314 g/mol. The number of allylic oxidation sites excluding steroid dienone is 2. The fourth-order valence-electron chi connectivity index (χ4n) is 1.90. The molecule has 0 spiro atoms. The molecule has 0 amide bonds. The zero-order valence-electron chi connectivity index (χ0n) is 12.3. The van der Waals surface area contributed by atoms with Crippen molar-refractivity contribution in [2.24, 2.45) is 5.92 Å². The molecule has 0 aliphatic carbocycles. The Morgan fingerprint density at radius 1 is 1.05 bits per heavy atom. The molecule has 22 heavy (non-hydrogen) atoms. The minimum Gasteiger partial charge on any atom is -0.431 e. The number of rotatable bonds is 6. The molecule has 1 aliphatic rings. The lowest BCUT2D eigenvalue weighted by Gasteiger charge is -2.35. The highest BCUT2D eigenvalue weighted by Crippen LogP contribution is 2.46. The second-order valence-corrected chi connectivity index (χ2v) is 5.43. The van der Waals surface area contributed by atoms with Gasteiger partial charge in [0.25, 0.3) is 0 Å². The fraction of sp³-hybridized carbons (Fsp3) is 0.714. The van der Waals surface area contributed by atoms with Gasteiger partial charge in [-0.25, -0.2) is 0 Å². The van der Waals surface area contributed by atoms with Crippen molar-refractivity contribution in [3.8, 4) is 0 Å². The van der Waals surface area contributed by atoms with Gasteiger partial charge in [0.1, 0.15) is 0 Å². The Morgan fingerprint density at radius 3 is 2.00 bits per heavy atom. The predicted octanol–water partition coefficient (Wildman–Crippen LogP) is 4.77. The van der Waals surface area contributed by atoms with Gasteiger partial charge in [-0.1, -0.05) is 13.2 Å². The van der Waals surface area contributed by atoms with Crippen molar-refractivity contribution in [2.45, 2.75) is 50.7 Å². The first kappa shape index (κ1) is 18.9. The van der Waals surface area contributed by atoms with Crippen LogP contribution in [0.2, 0.25) is 0 Å². The summed E-state index contributed by atoms with van der Waals surface area (Å²) in [5.74, 6) is -13.2. The van der Waals surface area contributed by atoms with Crippen LogP contribution < -0.4 is 0 Å². The Kier molecular flexibility index (Phi) is 5.26. The monoisotopic (exact) mass is 332 g/mol. The average molecular weight is 332 g/mol. The van der Waals surface area contributed by atoms with E-state index in [4.69, 9.17) is 4.74 Å². The summed E-state index contributed by atoms with van der Waals surface area (Å²) in [6.07, 6.45) is -4.06. The lowest BCUT2D eigenvalue weighted by atomic mass is 9.97. The second-order valence-electron chi connectivity index (χ2n) is 5.43. The van der Waals surface area contributed by atoms with Gasteiger partial charge in [0.2, 0.25) is 0 Å². The normalized spacial score (nSPS) is 24.0. The molecule has 0 N–H and O–H groups in total. The Labute approximate surface area is 124 Å². The van der Waals surface area contributed by atoms with E-state index in [2.05, 4.69) is 17.9 Å². The smallest absolute Gasteiger partial charge is 0.402 e. The topological polar surface area (TPSA) is 18.5 Å². The van der Waals surface area contributed by atoms with Crippen molar-refractivity contribution in [3.63, 3.8) is 0 Å². The van der Waals surface area contributed by atoms with E-state index in [1.807, 2.05) is 0 Å². The average Bonchev–Trinajstić information content (AvgIpc) is 2.38. The van der Waals surface area contributed by atoms with Crippen LogP contribution in [-0.2, 0) is 9.47 Å². The van der Waals surface area contributed by atoms with Gasteiger partial charge >= 0.3 is 18.0 Å². The van der Waals surface area contributed by atoms with Crippen LogP contribution in [0.15, 0.2) is 24.5 Å². The van der Waals surface area contributed by atoms with Crippen LogP contribution in [-0.4, -0.2) is 30.7 Å². The number of ether oxygens (including phenoxy) is 2. The Balaban J connectivity index is 2.84. The summed E-state index contributed by atoms with van der Waals surface area (Å²) >= 11 is 0. The highest BCUT2D eigenvalue weighted by atomic mass is 19.3. The largest absolute Gasteiger partial charge is 0.431 e. The van der Waals surface area contributed by atoms with Crippen molar-refractivity contribution in [3.05, 3.63) is 24.5 Å². The first-order valence-electron chi connectivity index (χ1n) is 6.61. The van der Waals surface area contributed by atoms with Crippen molar-refractivity contribution >= 4 is 0 Å². The summed E-state index contributed by atoms with van der Waals surface area (Å²) in [5, 5.41) is 0. The molecule has 1 rings (SSSR count). The molecular formula is C14H18F6O2. The molecule has 0 saturated carbocycles. The van der Waals surface area contributed by atoms with Crippen LogP contribution >= 0.6 is 0 Å². The zero-order chi connectivity index (χ0) is 17.3. The van der Waals surface area contributed by atoms with Crippen LogP contribution in [0.3, 0.4) is 0 Å². The van der Waals surface area contributed by atoms with Gasteiger partial charge in [-0.05, 0) is 32.3 Å². The molecule has 0 aromatic carbocycles. The maximum absolute atomic E-state index is 13.8. The lowest BCUT2D eigenvalue weighted by molar-refractivity contribution is -0.294. The number of halogens is 6. The molecule has 1 heterocycles. The minimum absolute atomic E-state index is 0.0378. The number of hydrogen-bond donors (Lipinski definition) is 0. The Morgan fingerprint density at radius 2 is 1.59 bits per heavy atom. The molecule has 1 aliphatic heterocycles. The van der Waals surface area contributed by atoms with Crippen LogP contribution in [0.5, 0.6) is 0 Å². The maximum atomic E-state index is 13.8. The van der Waals surface area contributed by atoms with Crippen LogP contribution in [0.25, 0.3) is 0 Å². The highest BCUT2D eigenvalue weighted by molar-refractivity contribution is 5.19. The third kappa shape index (κ3) is 3.59. The van der Waals surface area contributed by atoms with E-state index in [1.165, 1.54) is 0 Å². The second kappa shape index (κ2) is 6.14. The molecule has 8 heteroatoms. The van der Waals surface area contributed by atoms with Gasteiger partial charge in [0, 0.05) is 0 Å². The molecule has 0 bridgehead atoms. The number of hydrogen-bond acceptors (Lipinski definition) is 2. The van der Waals surface area contributed by atoms with Gasteiger partial charge in [-0.2, -0.15) is 26.3 Å². The lowest BCUT2D eigenvalue weighted by Crippen LogP contribution is -2.46. The predicted molar refractivity (Wildman–Crippen MR) is 68.0 cm³/mol. The summed E-state index contributed by atoms with van der Waals surface area (Å²) in [7, 11) is 0. The maximum Gasteiger partial charge on any atom is 0.402 e. The van der Waals surface area contributed by atoms with Crippen LogP contribution in [0.1, 0.15) is 26.7 Å². The van der Waals surface area contributed by atoms with Gasteiger partial charge in [-0.15, -0.1) is 0 Å². The van der Waals surface area contributed by atoms with Crippen LogP contribution in [0.4, 0.5) is 26.3 Å². The first-order valence-corrected chi connectivity index (χ1v) is 6.61. The third-order valence-electron chi connectivity index (χ3n) is 3.52. The summed E-state index contributed by atoms with van der Waals surface area (Å²) in [4.78, 5) is 0. The molecule has 0 aromatic heterocycles. The van der Waals surface area contributed by atoms with Crippen LogP contribution in [0, 0.1) is 5.92 Å². The molecule has 128 valence electrons. The summed E-state index contributed by atoms with van der Waals surface area (Å²) in [6.45, 7) is 7.22. The highest BCUT2D eigenvalue weighted by Gasteiger charge is 2.62. The SMILES string of the molecule is C=C(C)C(F)(F)C(F)(F)C(=C)OC(F)(F)C1CCC(C)OC1. The standard InChI is InChI=1S/C14H18F6O2/c1-8(2)12(15,16)13(17,18)10(4)22-14(19,20)11-6-5-9(3)21-7-11/h9,11H,1,4-7H2,2-3H3. The van der Waals surface area contributed by atoms with E-state index >= 15 is 0 Å². The third-order valence-corrected chi connectivity index (χ3v) is 3.52. The molecule has 0 radical (unpaired) electrons. The fourth-order valence-corrected chi connectivity index (χ4v) is 1.90. The summed E-state index contributed by atoms with van der Waals surface area (Å²) in [5.41, 5.74) is -1.18. The number of alkyl halides is 6. The zero-order valence-corrected chi connectivity index (χ0v) is 12.3. The molecule has 1 saturated heterocycles. The van der Waals surface area contributed by atoms with Crippen molar-refractivity contribution in [1.29, 1.82) is 0 Å². The molecule has 1 fully saturated rings. The minimum atomic E-state index is -4.99. The van der Waals surface area contributed by atoms with E-state index in [9.17, 15) is 26.3 Å². The van der Waals surface area contributed by atoms with Crippen molar-refractivity contribution in [1.82, 2.24) is 0 Å². The van der Waals surface area contributed by atoms with E-state index in [0.717, 1.165) is 0 Å². The van der Waals surface area contributed by atoms with E-state index in [-0.39, 0.29) is 18.9 Å². The summed E-state index contributed by atoms with van der Waals surface area (Å²) in [6, 6.07) is 0. The summed E-state index contributed by atoms with van der Waals surface area (Å²) < 4.78 is 90.5. The van der Waals surface area contributed by atoms with Gasteiger partial charge < -0.3 is 9.47 Å². The quantitative estimate of drug-likeness (QED) is 0.396. The first-order chi connectivity index (χ1) is 9.82. The van der Waals surface area contributed by atoms with Crippen molar-refractivity contribution < 1.29 is 35.8 Å².